The number of aromatic nitrogens is 2. The molecule has 2 aromatic rings. The summed E-state index contributed by atoms with van der Waals surface area (Å²) in [6.07, 6.45) is 4.63. The molecular weight excluding hydrogens is 396 g/mol. The van der Waals surface area contributed by atoms with Crippen LogP contribution in [0.2, 0.25) is 0 Å². The molecule has 0 atom stereocenters. The number of carbonyl (C=O) groups is 1. The third-order valence-electron chi connectivity index (χ3n) is 4.99. The molecule has 1 amide bonds. The molecule has 0 radical (unpaired) electrons. The molecule has 0 saturated carbocycles. The highest BCUT2D eigenvalue weighted by molar-refractivity contribution is 7.99. The van der Waals surface area contributed by atoms with Crippen LogP contribution in [0.15, 0.2) is 29.4 Å². The van der Waals surface area contributed by atoms with Crippen molar-refractivity contribution in [2.75, 3.05) is 38.2 Å². The highest BCUT2D eigenvalue weighted by Gasteiger charge is 2.26. The van der Waals surface area contributed by atoms with Crippen LogP contribution in [0.3, 0.4) is 0 Å². The second-order valence-corrected chi connectivity index (χ2v) is 10.00. The zero-order chi connectivity index (χ0) is 20.1. The van der Waals surface area contributed by atoms with E-state index in [9.17, 15) is 13.2 Å². The fourth-order valence-electron chi connectivity index (χ4n) is 3.39. The van der Waals surface area contributed by atoms with E-state index in [0.717, 1.165) is 35.6 Å². The average molecular weight is 425 g/mol. The second-order valence-electron chi connectivity index (χ2n) is 7.07. The second kappa shape index (κ2) is 9.28. The Kier molecular flexibility index (Phi) is 7.00. The molecule has 1 aliphatic rings. The van der Waals surface area contributed by atoms with Crippen molar-refractivity contribution in [1.82, 2.24) is 18.8 Å². The number of hydrogen-bond acceptors (Lipinski definition) is 5. The molecule has 9 heteroatoms. The highest BCUT2D eigenvalue weighted by Crippen LogP contribution is 2.25. The largest absolute Gasteiger partial charge is 0.339 e. The third-order valence-corrected chi connectivity index (χ3v) is 7.25. The van der Waals surface area contributed by atoms with Gasteiger partial charge in [0.2, 0.25) is 15.9 Å². The number of sulfonamides is 1. The van der Waals surface area contributed by atoms with Crippen molar-refractivity contribution in [3.63, 3.8) is 0 Å². The molecule has 1 saturated heterocycles. The number of unbranched alkanes of at least 4 members (excludes halogenated alkanes) is 2. The van der Waals surface area contributed by atoms with Crippen LogP contribution in [0.1, 0.15) is 26.2 Å². The number of hydrogen-bond donors (Lipinski definition) is 0. The number of nitrogens with zero attached hydrogens (tertiary/aromatic N) is 4. The number of carbonyl (C=O) groups excluding carboxylic acids is 1. The summed E-state index contributed by atoms with van der Waals surface area (Å²) in [6.45, 7) is 4.70. The molecule has 0 aliphatic carbocycles. The van der Waals surface area contributed by atoms with E-state index in [4.69, 9.17) is 4.98 Å². The summed E-state index contributed by atoms with van der Waals surface area (Å²) < 4.78 is 26.9. The molecule has 28 heavy (non-hydrogen) atoms. The number of benzene rings is 1. The molecule has 3 rings (SSSR count). The van der Waals surface area contributed by atoms with Gasteiger partial charge in [0, 0.05) is 32.7 Å². The van der Waals surface area contributed by atoms with Crippen LogP contribution in [-0.4, -0.2) is 71.3 Å². The Balaban J connectivity index is 1.63. The zero-order valence-corrected chi connectivity index (χ0v) is 18.1. The number of fused-ring (bicyclic) bond motifs is 1. The molecule has 2 heterocycles. The van der Waals surface area contributed by atoms with Gasteiger partial charge in [-0.3, -0.25) is 4.79 Å². The van der Waals surface area contributed by atoms with Crippen LogP contribution in [0.4, 0.5) is 0 Å². The lowest BCUT2D eigenvalue weighted by atomic mass is 10.2. The lowest BCUT2D eigenvalue weighted by Crippen LogP contribution is -2.50. The van der Waals surface area contributed by atoms with Crippen molar-refractivity contribution in [3.8, 4) is 0 Å². The highest BCUT2D eigenvalue weighted by atomic mass is 32.2. The summed E-state index contributed by atoms with van der Waals surface area (Å²) in [4.78, 5) is 19.1. The normalized spacial score (nSPS) is 16.0. The molecule has 0 spiro atoms. The van der Waals surface area contributed by atoms with E-state index in [1.807, 2.05) is 18.2 Å². The quantitative estimate of drug-likeness (QED) is 0.481. The summed E-state index contributed by atoms with van der Waals surface area (Å²) >= 11 is 1.47. The molecule has 1 aliphatic heterocycles. The first-order valence-corrected chi connectivity index (χ1v) is 12.5. The van der Waals surface area contributed by atoms with Gasteiger partial charge in [0.15, 0.2) is 5.16 Å². The van der Waals surface area contributed by atoms with Gasteiger partial charge in [0.25, 0.3) is 0 Å². The van der Waals surface area contributed by atoms with Crippen LogP contribution in [-0.2, 0) is 21.4 Å². The fourth-order valence-corrected chi connectivity index (χ4v) is 5.16. The minimum Gasteiger partial charge on any atom is -0.339 e. The van der Waals surface area contributed by atoms with E-state index in [2.05, 4.69) is 17.6 Å². The van der Waals surface area contributed by atoms with Crippen molar-refractivity contribution in [3.05, 3.63) is 24.3 Å². The van der Waals surface area contributed by atoms with Crippen LogP contribution in [0.25, 0.3) is 11.0 Å². The summed E-state index contributed by atoms with van der Waals surface area (Å²) in [5, 5.41) is 0.875. The number of rotatable bonds is 8. The van der Waals surface area contributed by atoms with Crippen LogP contribution in [0, 0.1) is 0 Å². The number of thioether (sulfide) groups is 1. The van der Waals surface area contributed by atoms with Gasteiger partial charge in [-0.25, -0.2) is 13.4 Å². The van der Waals surface area contributed by atoms with E-state index >= 15 is 0 Å². The Labute approximate surface area is 171 Å². The maximum absolute atomic E-state index is 12.6. The topological polar surface area (TPSA) is 75.5 Å². The van der Waals surface area contributed by atoms with E-state index in [0.29, 0.717) is 31.9 Å². The van der Waals surface area contributed by atoms with Crippen molar-refractivity contribution >= 4 is 38.7 Å². The predicted octanol–water partition coefficient (Wildman–Crippen LogP) is 2.42. The van der Waals surface area contributed by atoms with Crippen molar-refractivity contribution in [2.24, 2.45) is 0 Å². The third kappa shape index (κ3) is 5.07. The van der Waals surface area contributed by atoms with Gasteiger partial charge < -0.3 is 9.47 Å². The van der Waals surface area contributed by atoms with Gasteiger partial charge >= 0.3 is 0 Å². The first-order valence-electron chi connectivity index (χ1n) is 9.71. The summed E-state index contributed by atoms with van der Waals surface area (Å²) in [6, 6.07) is 8.07. The van der Waals surface area contributed by atoms with E-state index in [1.54, 1.807) is 4.90 Å². The molecule has 1 aromatic heterocycles. The molecular formula is C19H28N4O3S2. The van der Waals surface area contributed by atoms with E-state index in [-0.39, 0.29) is 5.91 Å². The lowest BCUT2D eigenvalue weighted by molar-refractivity contribution is -0.129. The Morgan fingerprint density at radius 3 is 2.54 bits per heavy atom. The summed E-state index contributed by atoms with van der Waals surface area (Å²) in [7, 11) is -3.19. The molecule has 1 fully saturated rings. The van der Waals surface area contributed by atoms with Crippen molar-refractivity contribution in [2.45, 2.75) is 37.9 Å². The van der Waals surface area contributed by atoms with Gasteiger partial charge in [-0.1, -0.05) is 43.7 Å². The van der Waals surface area contributed by atoms with Gasteiger partial charge in [-0.15, -0.1) is 0 Å². The standard InChI is InChI=1S/C19H28N4O3S2/c1-3-4-7-10-23-17-9-6-5-8-16(17)20-19(23)27-15-18(24)21-11-13-22(14-12-21)28(2,25)26/h5-6,8-9H,3-4,7,10-15H2,1-2H3. The van der Waals surface area contributed by atoms with Crippen molar-refractivity contribution < 1.29 is 13.2 Å². The van der Waals surface area contributed by atoms with E-state index < -0.39 is 10.0 Å². The van der Waals surface area contributed by atoms with Crippen LogP contribution >= 0.6 is 11.8 Å². The molecule has 0 unspecified atom stereocenters. The number of amides is 1. The van der Waals surface area contributed by atoms with Crippen molar-refractivity contribution in [1.29, 1.82) is 0 Å². The molecule has 1 aromatic carbocycles. The smallest absolute Gasteiger partial charge is 0.233 e. The summed E-state index contributed by atoms with van der Waals surface area (Å²) in [5.41, 5.74) is 2.06. The molecule has 154 valence electrons. The van der Waals surface area contributed by atoms with Crippen LogP contribution < -0.4 is 0 Å². The first kappa shape index (κ1) is 21.1. The SMILES string of the molecule is CCCCCn1c(SCC(=O)N2CCN(S(C)(=O)=O)CC2)nc2ccccc21. The molecule has 0 bridgehead atoms. The maximum Gasteiger partial charge on any atom is 0.233 e. The average Bonchev–Trinajstić information content (AvgIpc) is 3.03. The Morgan fingerprint density at radius 1 is 1.14 bits per heavy atom. The first-order chi connectivity index (χ1) is 13.4. The van der Waals surface area contributed by atoms with Crippen LogP contribution in [0.5, 0.6) is 0 Å². The van der Waals surface area contributed by atoms with E-state index in [1.165, 1.54) is 28.7 Å². The van der Waals surface area contributed by atoms with Gasteiger partial charge in [-0.2, -0.15) is 4.31 Å². The molecule has 7 nitrogen and oxygen atoms in total. The maximum atomic E-state index is 12.6. The zero-order valence-electron chi connectivity index (χ0n) is 16.5. The number of imidazole rings is 1. The van der Waals surface area contributed by atoms with Gasteiger partial charge in [-0.05, 0) is 18.6 Å². The Bertz CT molecular complexity index is 918. The number of aryl methyl sites for hydroxylation is 1. The summed E-state index contributed by atoms with van der Waals surface area (Å²) in [5.74, 6) is 0.348. The Hall–Kier alpha value is -1.58. The predicted molar refractivity (Wildman–Crippen MR) is 113 cm³/mol. The monoisotopic (exact) mass is 424 g/mol. The number of para-hydroxylation sites is 2. The van der Waals surface area contributed by atoms with Gasteiger partial charge in [0.05, 0.1) is 23.0 Å². The minimum absolute atomic E-state index is 0.0327. The Morgan fingerprint density at radius 2 is 1.86 bits per heavy atom. The lowest BCUT2D eigenvalue weighted by Gasteiger charge is -2.33. The minimum atomic E-state index is -3.19. The fraction of sp³-hybridized carbons (Fsp3) is 0.579. The number of piperazine rings is 1. The molecule has 0 N–H and O–H groups in total. The van der Waals surface area contributed by atoms with Gasteiger partial charge in [0.1, 0.15) is 0 Å².